The summed E-state index contributed by atoms with van der Waals surface area (Å²) < 4.78 is 6.02. The standard InChI is InChI=1S/C12H11BrO3/c1-16-10-3-2-8-6-12(15,7-14)5-4-9(8)11(10)13/h2-5,7,15H,6H2,1H3. The Morgan fingerprint density at radius 3 is 2.94 bits per heavy atom. The molecule has 1 N–H and O–H groups in total. The largest absolute Gasteiger partial charge is 0.496 e. The zero-order valence-electron chi connectivity index (χ0n) is 8.74. The molecule has 1 atom stereocenters. The summed E-state index contributed by atoms with van der Waals surface area (Å²) in [5, 5.41) is 9.84. The fraction of sp³-hybridized carbons (Fsp3) is 0.250. The van der Waals surface area contributed by atoms with E-state index in [1.54, 1.807) is 13.2 Å². The van der Waals surface area contributed by atoms with Crippen LogP contribution in [0.1, 0.15) is 11.1 Å². The van der Waals surface area contributed by atoms with Crippen LogP contribution in [0.15, 0.2) is 22.7 Å². The Hall–Kier alpha value is -1.13. The van der Waals surface area contributed by atoms with Crippen LogP contribution in [0.25, 0.3) is 6.08 Å². The molecule has 3 nitrogen and oxygen atoms in total. The minimum Gasteiger partial charge on any atom is -0.496 e. The Balaban J connectivity index is 2.51. The van der Waals surface area contributed by atoms with Crippen molar-refractivity contribution in [2.24, 2.45) is 0 Å². The maximum absolute atomic E-state index is 10.8. The predicted octanol–water partition coefficient (Wildman–Crippen LogP) is 1.96. The first-order chi connectivity index (χ1) is 7.59. The molecule has 1 aliphatic rings. The lowest BCUT2D eigenvalue weighted by molar-refractivity contribution is -0.119. The first kappa shape index (κ1) is 11.4. The zero-order valence-corrected chi connectivity index (χ0v) is 10.3. The van der Waals surface area contributed by atoms with Crippen molar-refractivity contribution in [1.29, 1.82) is 0 Å². The highest BCUT2D eigenvalue weighted by Crippen LogP contribution is 2.36. The Bertz CT molecular complexity index is 468. The van der Waals surface area contributed by atoms with E-state index in [1.165, 1.54) is 6.08 Å². The Labute approximate surface area is 102 Å². The quantitative estimate of drug-likeness (QED) is 0.844. The maximum Gasteiger partial charge on any atom is 0.155 e. The average molecular weight is 283 g/mol. The van der Waals surface area contributed by atoms with Gasteiger partial charge < -0.3 is 9.84 Å². The Kier molecular flexibility index (Phi) is 2.86. The first-order valence-corrected chi connectivity index (χ1v) is 5.62. The number of fused-ring (bicyclic) bond motifs is 1. The lowest BCUT2D eigenvalue weighted by atomic mass is 9.87. The van der Waals surface area contributed by atoms with Crippen LogP contribution in [-0.2, 0) is 11.2 Å². The van der Waals surface area contributed by atoms with E-state index in [2.05, 4.69) is 15.9 Å². The number of carbonyl (C=O) groups is 1. The van der Waals surface area contributed by atoms with Gasteiger partial charge in [-0.2, -0.15) is 0 Å². The topological polar surface area (TPSA) is 46.5 Å². The molecule has 0 fully saturated rings. The van der Waals surface area contributed by atoms with Gasteiger partial charge in [-0.3, -0.25) is 4.79 Å². The molecule has 2 rings (SSSR count). The molecular formula is C12H11BrO3. The summed E-state index contributed by atoms with van der Waals surface area (Å²) in [5.74, 6) is 0.736. The van der Waals surface area contributed by atoms with Crippen molar-refractivity contribution in [2.45, 2.75) is 12.0 Å². The number of rotatable bonds is 2. The summed E-state index contributed by atoms with van der Waals surface area (Å²) in [6.45, 7) is 0. The molecule has 0 amide bonds. The number of hydrogen-bond acceptors (Lipinski definition) is 3. The summed E-state index contributed by atoms with van der Waals surface area (Å²) in [5.41, 5.74) is 0.497. The minimum atomic E-state index is -1.37. The summed E-state index contributed by atoms with van der Waals surface area (Å²) in [7, 11) is 1.60. The molecule has 1 aromatic carbocycles. The van der Waals surface area contributed by atoms with Crippen molar-refractivity contribution in [3.05, 3.63) is 33.8 Å². The molecule has 0 heterocycles. The van der Waals surface area contributed by atoms with E-state index in [0.717, 1.165) is 21.3 Å². The van der Waals surface area contributed by atoms with E-state index >= 15 is 0 Å². The number of benzene rings is 1. The van der Waals surface area contributed by atoms with E-state index < -0.39 is 5.60 Å². The van der Waals surface area contributed by atoms with Crippen LogP contribution < -0.4 is 4.74 Å². The molecule has 4 heteroatoms. The van der Waals surface area contributed by atoms with Crippen LogP contribution >= 0.6 is 15.9 Å². The smallest absolute Gasteiger partial charge is 0.155 e. The number of halogens is 1. The van der Waals surface area contributed by atoms with Crippen molar-refractivity contribution in [3.63, 3.8) is 0 Å². The van der Waals surface area contributed by atoms with Gasteiger partial charge in [0, 0.05) is 6.42 Å². The zero-order chi connectivity index (χ0) is 11.8. The van der Waals surface area contributed by atoms with Gasteiger partial charge in [0.05, 0.1) is 11.6 Å². The number of hydrogen-bond donors (Lipinski definition) is 1. The van der Waals surface area contributed by atoms with Crippen LogP contribution in [-0.4, -0.2) is 24.1 Å². The summed E-state index contributed by atoms with van der Waals surface area (Å²) in [4.78, 5) is 10.8. The van der Waals surface area contributed by atoms with Crippen LogP contribution in [0.4, 0.5) is 0 Å². The molecule has 84 valence electrons. The van der Waals surface area contributed by atoms with E-state index in [9.17, 15) is 9.90 Å². The van der Waals surface area contributed by atoms with Crippen LogP contribution in [0, 0.1) is 0 Å². The van der Waals surface area contributed by atoms with E-state index in [0.29, 0.717) is 12.7 Å². The summed E-state index contributed by atoms with van der Waals surface area (Å²) >= 11 is 3.44. The SMILES string of the molecule is COc1ccc2c(c1Br)C=CC(O)(C=O)C2. The third kappa shape index (κ3) is 1.79. The highest BCUT2D eigenvalue weighted by atomic mass is 79.9. The van der Waals surface area contributed by atoms with Crippen molar-refractivity contribution >= 4 is 28.3 Å². The highest BCUT2D eigenvalue weighted by molar-refractivity contribution is 9.10. The summed E-state index contributed by atoms with van der Waals surface area (Å²) in [6, 6.07) is 3.67. The molecular weight excluding hydrogens is 272 g/mol. The first-order valence-electron chi connectivity index (χ1n) is 4.83. The fourth-order valence-corrected chi connectivity index (χ4v) is 2.46. The monoisotopic (exact) mass is 282 g/mol. The van der Waals surface area contributed by atoms with Crippen LogP contribution in [0.3, 0.4) is 0 Å². The second-order valence-corrected chi connectivity index (χ2v) is 4.57. The number of aliphatic hydroxyl groups is 1. The molecule has 0 radical (unpaired) electrons. The average Bonchev–Trinajstić information content (AvgIpc) is 2.29. The van der Waals surface area contributed by atoms with Gasteiger partial charge in [0.2, 0.25) is 0 Å². The van der Waals surface area contributed by atoms with Crippen LogP contribution in [0.2, 0.25) is 0 Å². The third-order valence-corrected chi connectivity index (χ3v) is 3.49. The normalized spacial score (nSPS) is 22.7. The second kappa shape index (κ2) is 4.03. The van der Waals surface area contributed by atoms with Gasteiger partial charge in [-0.25, -0.2) is 0 Å². The van der Waals surface area contributed by atoms with Crippen LogP contribution in [0.5, 0.6) is 5.75 Å². The lowest BCUT2D eigenvalue weighted by Crippen LogP contribution is -2.32. The van der Waals surface area contributed by atoms with Crippen molar-refractivity contribution in [2.75, 3.05) is 7.11 Å². The fourth-order valence-electron chi connectivity index (χ4n) is 1.78. The van der Waals surface area contributed by atoms with E-state index in [1.807, 2.05) is 12.1 Å². The summed E-state index contributed by atoms with van der Waals surface area (Å²) in [6.07, 6.45) is 4.10. The van der Waals surface area contributed by atoms with E-state index in [-0.39, 0.29) is 0 Å². The van der Waals surface area contributed by atoms with Gasteiger partial charge in [-0.1, -0.05) is 12.1 Å². The lowest BCUT2D eigenvalue weighted by Gasteiger charge is -2.24. The molecule has 0 aromatic heterocycles. The number of aldehydes is 1. The molecule has 0 saturated carbocycles. The molecule has 0 spiro atoms. The minimum absolute atomic E-state index is 0.297. The van der Waals surface area contributed by atoms with Crippen molar-refractivity contribution in [1.82, 2.24) is 0 Å². The number of carbonyl (C=O) groups excluding carboxylic acids is 1. The molecule has 16 heavy (non-hydrogen) atoms. The molecule has 0 bridgehead atoms. The highest BCUT2D eigenvalue weighted by Gasteiger charge is 2.28. The molecule has 0 saturated heterocycles. The second-order valence-electron chi connectivity index (χ2n) is 3.77. The van der Waals surface area contributed by atoms with Crippen molar-refractivity contribution < 1.29 is 14.6 Å². The van der Waals surface area contributed by atoms with Gasteiger partial charge in [-0.15, -0.1) is 0 Å². The van der Waals surface area contributed by atoms with Crippen molar-refractivity contribution in [3.8, 4) is 5.75 Å². The van der Waals surface area contributed by atoms with E-state index in [4.69, 9.17) is 4.74 Å². The van der Waals surface area contributed by atoms with Gasteiger partial charge in [-0.05, 0) is 39.2 Å². The number of methoxy groups -OCH3 is 1. The van der Waals surface area contributed by atoms with Gasteiger partial charge in [0.25, 0.3) is 0 Å². The maximum atomic E-state index is 10.8. The number of ether oxygens (including phenoxy) is 1. The Morgan fingerprint density at radius 2 is 2.31 bits per heavy atom. The predicted molar refractivity (Wildman–Crippen MR) is 64.4 cm³/mol. The van der Waals surface area contributed by atoms with Gasteiger partial charge >= 0.3 is 0 Å². The molecule has 1 aliphatic carbocycles. The molecule has 0 aliphatic heterocycles. The molecule has 1 aromatic rings. The van der Waals surface area contributed by atoms with Gasteiger partial charge in [0.1, 0.15) is 11.4 Å². The molecule has 1 unspecified atom stereocenters. The third-order valence-electron chi connectivity index (χ3n) is 2.67. The van der Waals surface area contributed by atoms with Gasteiger partial charge in [0.15, 0.2) is 6.29 Å². The Morgan fingerprint density at radius 1 is 1.56 bits per heavy atom.